The summed E-state index contributed by atoms with van der Waals surface area (Å²) in [7, 11) is 2.10. The first-order chi connectivity index (χ1) is 10.9. The lowest BCUT2D eigenvalue weighted by Crippen LogP contribution is -2.53. The Kier molecular flexibility index (Phi) is 4.24. The van der Waals surface area contributed by atoms with Crippen LogP contribution in [0.3, 0.4) is 0 Å². The van der Waals surface area contributed by atoms with Crippen LogP contribution in [0, 0.1) is 17.2 Å². The molecule has 0 aliphatic carbocycles. The van der Waals surface area contributed by atoms with E-state index in [9.17, 15) is 13.2 Å². The number of anilines is 1. The van der Waals surface area contributed by atoms with Gasteiger partial charge in [0.25, 0.3) is 0 Å². The third-order valence-electron chi connectivity index (χ3n) is 5.12. The molecule has 3 rings (SSSR count). The van der Waals surface area contributed by atoms with Crippen LogP contribution in [0.15, 0.2) is 18.2 Å². The molecule has 2 atom stereocenters. The molecule has 3 nitrogen and oxygen atoms in total. The predicted octanol–water partition coefficient (Wildman–Crippen LogP) is 3.50. The van der Waals surface area contributed by atoms with Crippen molar-refractivity contribution < 1.29 is 13.2 Å². The maximum absolute atomic E-state index is 13.3. The van der Waals surface area contributed by atoms with E-state index >= 15 is 0 Å². The molecule has 0 spiro atoms. The summed E-state index contributed by atoms with van der Waals surface area (Å²) in [5, 5.41) is 9.02. The van der Waals surface area contributed by atoms with Crippen molar-refractivity contribution in [3.05, 3.63) is 29.3 Å². The van der Waals surface area contributed by atoms with Crippen molar-refractivity contribution >= 4 is 5.69 Å². The van der Waals surface area contributed by atoms with E-state index in [2.05, 4.69) is 11.9 Å². The second-order valence-corrected chi connectivity index (χ2v) is 6.53. The number of rotatable bonds is 1. The van der Waals surface area contributed by atoms with Crippen LogP contribution in [0.25, 0.3) is 0 Å². The van der Waals surface area contributed by atoms with Gasteiger partial charge in [-0.1, -0.05) is 0 Å². The molecule has 0 N–H and O–H groups in total. The quantitative estimate of drug-likeness (QED) is 0.792. The second-order valence-electron chi connectivity index (χ2n) is 6.53. The largest absolute Gasteiger partial charge is 0.418 e. The molecule has 2 heterocycles. The Balaban J connectivity index is 1.91. The number of nitriles is 1. The van der Waals surface area contributed by atoms with Gasteiger partial charge < -0.3 is 9.80 Å². The minimum atomic E-state index is -4.40. The fourth-order valence-corrected chi connectivity index (χ4v) is 3.97. The Bertz CT molecular complexity index is 620. The summed E-state index contributed by atoms with van der Waals surface area (Å²) in [4.78, 5) is 4.16. The number of fused-ring (bicyclic) bond motifs is 1. The van der Waals surface area contributed by atoms with Gasteiger partial charge in [-0.05, 0) is 57.0 Å². The average Bonchev–Trinajstić information content (AvgIpc) is 2.53. The normalized spacial score (nSPS) is 25.8. The zero-order chi connectivity index (χ0) is 16.6. The highest BCUT2D eigenvalue weighted by Crippen LogP contribution is 2.40. The van der Waals surface area contributed by atoms with E-state index in [0.29, 0.717) is 25.0 Å². The summed E-state index contributed by atoms with van der Waals surface area (Å²) in [5.74, 6) is 0.398. The standard InChI is InChI=1S/C17H20F3N3/c1-22-7-2-3-13-11-23(8-6-15(13)22)16-9-12(10-21)4-5-14(16)17(18,19)20/h4-5,9,13,15H,2-3,6-8,11H2,1H3. The molecule has 2 unspecified atom stereocenters. The van der Waals surface area contributed by atoms with Crippen LogP contribution in [0.1, 0.15) is 30.4 Å². The molecule has 124 valence electrons. The summed E-state index contributed by atoms with van der Waals surface area (Å²) in [5.41, 5.74) is -0.210. The van der Waals surface area contributed by atoms with Crippen LogP contribution in [0.4, 0.5) is 18.9 Å². The molecule has 0 amide bonds. The van der Waals surface area contributed by atoms with Crippen molar-refractivity contribution in [3.63, 3.8) is 0 Å². The van der Waals surface area contributed by atoms with E-state index in [-0.39, 0.29) is 11.3 Å². The molecule has 6 heteroatoms. The van der Waals surface area contributed by atoms with Gasteiger partial charge in [0.1, 0.15) is 0 Å². The van der Waals surface area contributed by atoms with E-state index in [4.69, 9.17) is 5.26 Å². The van der Waals surface area contributed by atoms with Gasteiger partial charge in [-0.2, -0.15) is 18.4 Å². The molecule has 0 radical (unpaired) electrons. The van der Waals surface area contributed by atoms with Crippen LogP contribution in [-0.4, -0.2) is 37.6 Å². The molecule has 23 heavy (non-hydrogen) atoms. The summed E-state index contributed by atoms with van der Waals surface area (Å²) in [6.45, 7) is 2.30. The minimum absolute atomic E-state index is 0.156. The van der Waals surface area contributed by atoms with Gasteiger partial charge in [-0.15, -0.1) is 0 Å². The minimum Gasteiger partial charge on any atom is -0.371 e. The number of hydrogen-bond acceptors (Lipinski definition) is 3. The smallest absolute Gasteiger partial charge is 0.371 e. The Morgan fingerprint density at radius 3 is 2.70 bits per heavy atom. The average molecular weight is 323 g/mol. The molecule has 0 saturated carbocycles. The third kappa shape index (κ3) is 3.16. The van der Waals surface area contributed by atoms with Crippen LogP contribution in [0.2, 0.25) is 0 Å². The van der Waals surface area contributed by atoms with E-state index in [0.717, 1.165) is 31.9 Å². The first-order valence-electron chi connectivity index (χ1n) is 7.96. The van der Waals surface area contributed by atoms with Crippen LogP contribution < -0.4 is 4.90 Å². The highest BCUT2D eigenvalue weighted by Gasteiger charge is 2.39. The number of halogens is 3. The summed E-state index contributed by atoms with van der Waals surface area (Å²) < 4.78 is 39.9. The fraction of sp³-hybridized carbons (Fsp3) is 0.588. The zero-order valence-corrected chi connectivity index (χ0v) is 13.1. The van der Waals surface area contributed by atoms with Crippen LogP contribution in [-0.2, 0) is 6.18 Å². The van der Waals surface area contributed by atoms with E-state index in [1.165, 1.54) is 12.1 Å². The molecule has 2 fully saturated rings. The van der Waals surface area contributed by atoms with Crippen LogP contribution in [0.5, 0.6) is 0 Å². The molecule has 0 bridgehead atoms. The lowest BCUT2D eigenvalue weighted by molar-refractivity contribution is -0.137. The number of benzene rings is 1. The molecule has 0 aromatic heterocycles. The maximum atomic E-state index is 13.3. The van der Waals surface area contributed by atoms with Crippen molar-refractivity contribution in [1.82, 2.24) is 4.90 Å². The van der Waals surface area contributed by atoms with Crippen molar-refractivity contribution in [3.8, 4) is 6.07 Å². The molecule has 2 aliphatic heterocycles. The Morgan fingerprint density at radius 2 is 2.00 bits per heavy atom. The molecular formula is C17H20F3N3. The summed E-state index contributed by atoms with van der Waals surface area (Å²) in [6, 6.07) is 6.08. The second kappa shape index (κ2) is 6.04. The molecule has 1 aromatic rings. The van der Waals surface area contributed by atoms with Crippen molar-refractivity contribution in [1.29, 1.82) is 5.26 Å². The van der Waals surface area contributed by atoms with Gasteiger partial charge in [0.2, 0.25) is 0 Å². The van der Waals surface area contributed by atoms with Gasteiger partial charge in [-0.25, -0.2) is 0 Å². The predicted molar refractivity (Wildman–Crippen MR) is 82.1 cm³/mol. The third-order valence-corrected chi connectivity index (χ3v) is 5.12. The van der Waals surface area contributed by atoms with Gasteiger partial charge in [0, 0.05) is 19.1 Å². The van der Waals surface area contributed by atoms with Gasteiger partial charge in [-0.3, -0.25) is 0 Å². The summed E-state index contributed by atoms with van der Waals surface area (Å²) >= 11 is 0. The SMILES string of the molecule is CN1CCCC2CN(c3cc(C#N)ccc3C(F)(F)F)CCC21. The maximum Gasteiger partial charge on any atom is 0.418 e. The number of likely N-dealkylation sites (tertiary alicyclic amines) is 1. The Labute approximate surface area is 134 Å². The Hall–Kier alpha value is -1.74. The molecule has 2 saturated heterocycles. The lowest BCUT2D eigenvalue weighted by atomic mass is 9.84. The summed E-state index contributed by atoms with van der Waals surface area (Å²) in [6.07, 6.45) is -1.38. The highest BCUT2D eigenvalue weighted by atomic mass is 19.4. The number of piperidine rings is 2. The number of alkyl halides is 3. The molecular weight excluding hydrogens is 303 g/mol. The highest BCUT2D eigenvalue weighted by molar-refractivity contribution is 5.59. The first kappa shape index (κ1) is 16.1. The molecule has 2 aliphatic rings. The van der Waals surface area contributed by atoms with E-state index in [1.54, 1.807) is 0 Å². The van der Waals surface area contributed by atoms with Gasteiger partial charge in [0.05, 0.1) is 22.9 Å². The van der Waals surface area contributed by atoms with Gasteiger partial charge >= 0.3 is 6.18 Å². The van der Waals surface area contributed by atoms with Gasteiger partial charge in [0.15, 0.2) is 0 Å². The van der Waals surface area contributed by atoms with Crippen molar-refractivity contribution in [2.45, 2.75) is 31.5 Å². The fourth-order valence-electron chi connectivity index (χ4n) is 3.97. The topological polar surface area (TPSA) is 30.3 Å². The Morgan fingerprint density at radius 1 is 1.22 bits per heavy atom. The van der Waals surface area contributed by atoms with Crippen molar-refractivity contribution in [2.24, 2.45) is 5.92 Å². The van der Waals surface area contributed by atoms with E-state index in [1.807, 2.05) is 11.0 Å². The lowest BCUT2D eigenvalue weighted by Gasteiger charge is -2.47. The van der Waals surface area contributed by atoms with E-state index < -0.39 is 11.7 Å². The number of hydrogen-bond donors (Lipinski definition) is 0. The molecule has 1 aromatic carbocycles. The number of nitrogens with zero attached hydrogens (tertiary/aromatic N) is 3. The first-order valence-corrected chi connectivity index (χ1v) is 7.96. The van der Waals surface area contributed by atoms with Crippen molar-refractivity contribution in [2.75, 3.05) is 31.6 Å². The zero-order valence-electron chi connectivity index (χ0n) is 13.1. The van der Waals surface area contributed by atoms with Crippen LogP contribution >= 0.6 is 0 Å². The monoisotopic (exact) mass is 323 g/mol.